The molecule has 1 fully saturated rings. The fourth-order valence-corrected chi connectivity index (χ4v) is 5.77. The van der Waals surface area contributed by atoms with Crippen molar-refractivity contribution in [1.29, 1.82) is 5.41 Å². The van der Waals surface area contributed by atoms with E-state index in [0.717, 1.165) is 37.8 Å². The number of nitrogens with zero attached hydrogens (tertiary/aromatic N) is 5. The zero-order valence-electron chi connectivity index (χ0n) is 23.3. The molecule has 1 saturated carbocycles. The number of nitrogens with one attached hydrogen (secondary N) is 1. The second-order valence-corrected chi connectivity index (χ2v) is 11.2. The van der Waals surface area contributed by atoms with Gasteiger partial charge >= 0.3 is 6.09 Å². The van der Waals surface area contributed by atoms with Crippen molar-refractivity contribution < 1.29 is 23.0 Å². The molecule has 1 aliphatic rings. The van der Waals surface area contributed by atoms with Crippen LogP contribution in [0.2, 0.25) is 5.02 Å². The predicted molar refractivity (Wildman–Crippen MR) is 152 cm³/mol. The van der Waals surface area contributed by atoms with Gasteiger partial charge in [-0.1, -0.05) is 37.4 Å². The summed E-state index contributed by atoms with van der Waals surface area (Å²) in [7, 11) is 1.35. The summed E-state index contributed by atoms with van der Waals surface area (Å²) >= 11 is 6.28. The molecule has 3 N–H and O–H groups in total. The molecule has 1 amide bonds. The normalized spacial score (nSPS) is 18.5. The van der Waals surface area contributed by atoms with E-state index >= 15 is 8.78 Å². The maximum absolute atomic E-state index is 15.3. The van der Waals surface area contributed by atoms with Gasteiger partial charge in [0.15, 0.2) is 11.2 Å². The van der Waals surface area contributed by atoms with Crippen LogP contribution in [-0.4, -0.2) is 43.6 Å². The number of rotatable bonds is 7. The molecule has 3 aromatic heterocycles. The van der Waals surface area contributed by atoms with Gasteiger partial charge in [0, 0.05) is 31.6 Å². The number of hydrogen-bond acceptors (Lipinski definition) is 8. The molecule has 1 atom stereocenters. The Morgan fingerprint density at radius 1 is 1.17 bits per heavy atom. The number of imidazole rings is 1. The summed E-state index contributed by atoms with van der Waals surface area (Å²) in [5.74, 6) is -1.56. The number of hydrogen-bond donors (Lipinski definition) is 2. The number of pyridine rings is 1. The average molecular weight is 598 g/mol. The Morgan fingerprint density at radius 2 is 1.86 bits per heavy atom. The van der Waals surface area contributed by atoms with Crippen molar-refractivity contribution in [2.24, 2.45) is 17.6 Å². The fourth-order valence-electron chi connectivity index (χ4n) is 5.60. The summed E-state index contributed by atoms with van der Waals surface area (Å²) in [6.45, 7) is 4.20. The first-order valence-electron chi connectivity index (χ1n) is 13.5. The Morgan fingerprint density at radius 3 is 2.48 bits per heavy atom. The van der Waals surface area contributed by atoms with Gasteiger partial charge in [0.05, 0.1) is 10.6 Å². The number of carbonyl (C=O) groups excluding carboxylic acids is 1. The van der Waals surface area contributed by atoms with Gasteiger partial charge in [-0.15, -0.1) is 0 Å². The van der Waals surface area contributed by atoms with Crippen molar-refractivity contribution >= 4 is 34.8 Å². The third-order valence-corrected chi connectivity index (χ3v) is 8.04. The van der Waals surface area contributed by atoms with Crippen LogP contribution in [0.1, 0.15) is 56.7 Å². The number of amides is 1. The van der Waals surface area contributed by atoms with Crippen molar-refractivity contribution in [2.75, 3.05) is 7.11 Å². The zero-order chi connectivity index (χ0) is 30.2. The molecule has 0 saturated heterocycles. The third-order valence-electron chi connectivity index (χ3n) is 7.84. The first-order chi connectivity index (χ1) is 20.0. The molecule has 1 aliphatic carbocycles. The minimum atomic E-state index is -1.70. The lowest BCUT2D eigenvalue weighted by Gasteiger charge is -2.32. The number of nitrogens with two attached hydrogens (primary N) is 1. The molecule has 0 aliphatic heterocycles. The number of fused-ring (bicyclic) bond motifs is 1. The Bertz CT molecular complexity index is 1650. The molecule has 4 aromatic rings. The van der Waals surface area contributed by atoms with Crippen LogP contribution < -0.4 is 5.73 Å². The van der Waals surface area contributed by atoms with E-state index in [1.807, 2.05) is 4.57 Å². The molecule has 1 aromatic carbocycles. The maximum atomic E-state index is 15.3. The number of carbonyl (C=O) groups is 1. The molecule has 42 heavy (non-hydrogen) atoms. The van der Waals surface area contributed by atoms with E-state index in [2.05, 4.69) is 21.9 Å². The summed E-state index contributed by atoms with van der Waals surface area (Å²) in [6, 6.07) is 5.23. The molecule has 3 heterocycles. The zero-order valence-corrected chi connectivity index (χ0v) is 24.1. The number of benzene rings is 1. The molecule has 220 valence electrons. The van der Waals surface area contributed by atoms with Crippen LogP contribution in [0.15, 0.2) is 36.7 Å². The van der Waals surface area contributed by atoms with E-state index in [9.17, 15) is 4.79 Å². The van der Waals surface area contributed by atoms with Gasteiger partial charge in [0.25, 0.3) is 5.90 Å². The first-order valence-corrected chi connectivity index (χ1v) is 13.8. The quantitative estimate of drug-likeness (QED) is 0.197. The highest BCUT2D eigenvalue weighted by atomic mass is 35.5. The van der Waals surface area contributed by atoms with Gasteiger partial charge in [-0.05, 0) is 49.8 Å². The standard InChI is InChI=1S/C29H30ClF2N7O3/c1-15-7-9-16(10-8-15)14-39-23-22(17-11-18(30)13-35-12-17)36-26(24(33)42-28(34)40)37-25(23)38-27(39)29(2,41-3)21-19(31)5-4-6-20(21)32/h4-6,11-13,15-16,33H,7-10,14H2,1-3H3,(H2,34,40). The summed E-state index contributed by atoms with van der Waals surface area (Å²) < 4.78 is 43.0. The molecule has 13 heteroatoms. The van der Waals surface area contributed by atoms with Crippen molar-refractivity contribution in [3.63, 3.8) is 0 Å². The third kappa shape index (κ3) is 5.56. The van der Waals surface area contributed by atoms with E-state index in [1.54, 1.807) is 13.0 Å². The number of primary amides is 1. The summed E-state index contributed by atoms with van der Waals surface area (Å²) in [5.41, 5.74) is 4.37. The summed E-state index contributed by atoms with van der Waals surface area (Å²) in [6.07, 6.45) is 5.75. The van der Waals surface area contributed by atoms with Gasteiger partial charge in [-0.3, -0.25) is 10.4 Å². The van der Waals surface area contributed by atoms with Gasteiger partial charge in [0.2, 0.25) is 5.82 Å². The number of methoxy groups -OCH3 is 1. The second-order valence-electron chi connectivity index (χ2n) is 10.7. The van der Waals surface area contributed by atoms with Crippen LogP contribution in [0.4, 0.5) is 13.6 Å². The maximum Gasteiger partial charge on any atom is 0.411 e. The van der Waals surface area contributed by atoms with Crippen molar-refractivity contribution in [2.45, 2.75) is 51.7 Å². The smallest absolute Gasteiger partial charge is 0.388 e. The monoisotopic (exact) mass is 597 g/mol. The lowest BCUT2D eigenvalue weighted by atomic mass is 9.83. The van der Waals surface area contributed by atoms with Crippen LogP contribution in [0.5, 0.6) is 0 Å². The van der Waals surface area contributed by atoms with Crippen LogP contribution in [0.3, 0.4) is 0 Å². The lowest BCUT2D eigenvalue weighted by Crippen LogP contribution is -2.33. The highest BCUT2D eigenvalue weighted by molar-refractivity contribution is 6.30. The van der Waals surface area contributed by atoms with Crippen molar-refractivity contribution in [3.8, 4) is 11.3 Å². The Kier molecular flexibility index (Phi) is 8.20. The molecule has 0 spiro atoms. The largest absolute Gasteiger partial charge is 0.411 e. The van der Waals surface area contributed by atoms with E-state index in [-0.39, 0.29) is 34.5 Å². The molecule has 1 unspecified atom stereocenters. The minimum absolute atomic E-state index is 0.0898. The lowest BCUT2D eigenvalue weighted by molar-refractivity contribution is 0.0217. The predicted octanol–water partition coefficient (Wildman–Crippen LogP) is 5.98. The van der Waals surface area contributed by atoms with Gasteiger partial charge < -0.3 is 19.8 Å². The Hall–Kier alpha value is -4.03. The van der Waals surface area contributed by atoms with Crippen LogP contribution in [0, 0.1) is 28.9 Å². The molecular weight excluding hydrogens is 568 g/mol. The average Bonchev–Trinajstić information content (AvgIpc) is 3.32. The molecule has 5 rings (SSSR count). The number of ether oxygens (including phenoxy) is 2. The van der Waals surface area contributed by atoms with Gasteiger partial charge in [-0.2, -0.15) is 0 Å². The van der Waals surface area contributed by atoms with E-state index < -0.39 is 29.2 Å². The molecular formula is C29H30ClF2N7O3. The molecule has 10 nitrogen and oxygen atoms in total. The number of halogens is 3. The number of aromatic nitrogens is 5. The summed E-state index contributed by atoms with van der Waals surface area (Å²) in [4.78, 5) is 29.3. The highest BCUT2D eigenvalue weighted by Gasteiger charge is 2.41. The topological polar surface area (TPSA) is 142 Å². The highest BCUT2D eigenvalue weighted by Crippen LogP contribution is 2.40. The van der Waals surface area contributed by atoms with Crippen LogP contribution >= 0.6 is 11.6 Å². The van der Waals surface area contributed by atoms with E-state index in [1.165, 1.54) is 25.6 Å². The summed E-state index contributed by atoms with van der Waals surface area (Å²) in [5, 5.41) is 8.55. The Balaban J connectivity index is 1.83. The molecule has 0 radical (unpaired) electrons. The van der Waals surface area contributed by atoms with E-state index in [4.69, 9.17) is 37.2 Å². The minimum Gasteiger partial charge on any atom is -0.388 e. The van der Waals surface area contributed by atoms with Gasteiger partial charge in [0.1, 0.15) is 28.7 Å². The Labute approximate surface area is 245 Å². The van der Waals surface area contributed by atoms with E-state index in [0.29, 0.717) is 28.6 Å². The fraction of sp³-hybridized carbons (Fsp3) is 0.379. The van der Waals surface area contributed by atoms with Gasteiger partial charge in [-0.25, -0.2) is 28.5 Å². The van der Waals surface area contributed by atoms with Crippen LogP contribution in [-0.2, 0) is 21.6 Å². The molecule has 0 bridgehead atoms. The SMILES string of the molecule is COC(C)(c1c(F)cccc1F)c1nc2nc(C(=N)OC(N)=O)nc(-c3cncc(Cl)c3)c2n1CC1CCC(C)CC1. The first kappa shape index (κ1) is 29.5. The van der Waals surface area contributed by atoms with Crippen LogP contribution in [0.25, 0.3) is 22.4 Å². The van der Waals surface area contributed by atoms with Crippen molar-refractivity contribution in [1.82, 2.24) is 24.5 Å². The second kappa shape index (κ2) is 11.7. The van der Waals surface area contributed by atoms with Crippen molar-refractivity contribution in [3.05, 3.63) is 70.5 Å².